The Morgan fingerprint density at radius 3 is 2.91 bits per heavy atom. The van der Waals surface area contributed by atoms with Crippen molar-refractivity contribution in [3.63, 3.8) is 0 Å². The lowest BCUT2D eigenvalue weighted by Crippen LogP contribution is -2.34. The van der Waals surface area contributed by atoms with Gasteiger partial charge in [-0.15, -0.1) is 18.7 Å². The molecule has 0 radical (unpaired) electrons. The van der Waals surface area contributed by atoms with Crippen molar-refractivity contribution < 1.29 is 0 Å². The zero-order valence-electron chi connectivity index (χ0n) is 13.8. The molecule has 4 heteroatoms. The molecule has 0 amide bonds. The molecule has 2 atom stereocenters. The van der Waals surface area contributed by atoms with Crippen molar-refractivity contribution in [2.24, 2.45) is 0 Å². The minimum absolute atomic E-state index is 0.0979. The molecule has 120 valence electrons. The fraction of sp³-hybridized carbons (Fsp3) is 0.368. The molecule has 23 heavy (non-hydrogen) atoms. The average Bonchev–Trinajstić information content (AvgIpc) is 3.12. The topological polar surface area (TPSA) is 8.17 Å². The van der Waals surface area contributed by atoms with Crippen LogP contribution in [0.4, 0.5) is 0 Å². The second-order valence-corrected chi connectivity index (χ2v) is 9.67. The van der Waals surface area contributed by atoms with Gasteiger partial charge in [0, 0.05) is 36.3 Å². The van der Waals surface area contributed by atoms with Gasteiger partial charge in [-0.2, -0.15) is 0 Å². The van der Waals surface area contributed by atoms with Crippen molar-refractivity contribution >= 4 is 36.4 Å². The van der Waals surface area contributed by atoms with Crippen LogP contribution in [0.15, 0.2) is 24.8 Å². The molecule has 2 unspecified atom stereocenters. The Bertz CT molecular complexity index is 787. The van der Waals surface area contributed by atoms with Crippen molar-refractivity contribution in [2.75, 3.05) is 19.0 Å². The lowest BCUT2D eigenvalue weighted by atomic mass is 10.0. The first-order valence-corrected chi connectivity index (χ1v) is 10.8. The summed E-state index contributed by atoms with van der Waals surface area (Å²) in [6.45, 7) is 10.4. The van der Waals surface area contributed by atoms with Crippen molar-refractivity contribution in [1.29, 1.82) is 0 Å². The minimum Gasteiger partial charge on any atom is -0.332 e. The summed E-state index contributed by atoms with van der Waals surface area (Å²) in [6.07, 6.45) is 10.0. The molecule has 1 saturated heterocycles. The second-order valence-electron chi connectivity index (χ2n) is 6.23. The van der Waals surface area contributed by atoms with Gasteiger partial charge in [-0.05, 0) is 50.4 Å². The Morgan fingerprint density at radius 2 is 2.30 bits per heavy atom. The summed E-state index contributed by atoms with van der Waals surface area (Å²) in [6, 6.07) is 6.91. The summed E-state index contributed by atoms with van der Waals surface area (Å²) in [5.74, 6) is 2.86. The number of hydrogen-bond acceptors (Lipinski definition) is 2. The highest BCUT2D eigenvalue weighted by molar-refractivity contribution is 8.45. The van der Waals surface area contributed by atoms with E-state index < -0.39 is 0 Å². The van der Waals surface area contributed by atoms with Crippen molar-refractivity contribution in [1.82, 2.24) is 9.47 Å². The van der Waals surface area contributed by atoms with Crippen LogP contribution < -0.4 is 0 Å². The van der Waals surface area contributed by atoms with E-state index in [4.69, 9.17) is 6.42 Å². The van der Waals surface area contributed by atoms with Crippen LogP contribution in [0.1, 0.15) is 23.7 Å². The second kappa shape index (κ2) is 6.73. The molecule has 1 aliphatic rings. The molecule has 2 heterocycles. The maximum atomic E-state index is 5.77. The highest BCUT2D eigenvalue weighted by Gasteiger charge is 2.24. The van der Waals surface area contributed by atoms with Crippen molar-refractivity contribution in [3.8, 4) is 12.3 Å². The molecule has 2 aromatic rings. The van der Waals surface area contributed by atoms with E-state index in [9.17, 15) is 0 Å². The van der Waals surface area contributed by atoms with Crippen LogP contribution in [0.3, 0.4) is 0 Å². The number of fused-ring (bicyclic) bond motifs is 1. The Morgan fingerprint density at radius 1 is 1.52 bits per heavy atom. The van der Waals surface area contributed by atoms with Crippen LogP contribution in [0, 0.1) is 19.3 Å². The van der Waals surface area contributed by atoms with E-state index >= 15 is 0 Å². The number of aromatic nitrogens is 1. The summed E-state index contributed by atoms with van der Waals surface area (Å²) in [5, 5.41) is 1.24. The molecule has 1 aliphatic heterocycles. The van der Waals surface area contributed by atoms with E-state index in [1.54, 1.807) is 0 Å². The molecular formula is C19H23N2PS. The number of benzene rings is 1. The third kappa shape index (κ3) is 3.09. The van der Waals surface area contributed by atoms with Gasteiger partial charge in [0.2, 0.25) is 0 Å². The maximum Gasteiger partial charge on any atom is 0.0928 e. The summed E-state index contributed by atoms with van der Waals surface area (Å²) in [4.78, 5) is 2.54. The molecule has 0 N–H and O–H groups in total. The van der Waals surface area contributed by atoms with Gasteiger partial charge in [0.05, 0.1) is 5.69 Å². The average molecular weight is 342 g/mol. The van der Waals surface area contributed by atoms with Crippen LogP contribution >= 0.6 is 19.4 Å². The van der Waals surface area contributed by atoms with E-state index in [1.165, 1.54) is 28.2 Å². The third-order valence-corrected chi connectivity index (χ3v) is 7.21. The molecule has 3 rings (SSSR count). The largest absolute Gasteiger partial charge is 0.332 e. The molecule has 1 fully saturated rings. The van der Waals surface area contributed by atoms with Crippen molar-refractivity contribution in [2.45, 2.75) is 26.4 Å². The van der Waals surface area contributed by atoms with E-state index in [1.807, 2.05) is 6.08 Å². The Balaban J connectivity index is 1.98. The predicted octanol–water partition coefficient (Wildman–Crippen LogP) is 4.56. The Kier molecular flexibility index (Phi) is 4.87. The number of rotatable bonds is 4. The summed E-state index contributed by atoms with van der Waals surface area (Å²) in [5.41, 5.74) is 4.61. The van der Waals surface area contributed by atoms with Gasteiger partial charge in [0.25, 0.3) is 0 Å². The Hall–Kier alpha value is -1.20. The molecular weight excluding hydrogens is 319 g/mol. The number of nitrogens with zero attached hydrogens (tertiary/aromatic N) is 2. The van der Waals surface area contributed by atoms with Crippen LogP contribution in [-0.4, -0.2) is 34.5 Å². The molecule has 0 bridgehead atoms. The zero-order chi connectivity index (χ0) is 16.6. The maximum absolute atomic E-state index is 5.77. The smallest absolute Gasteiger partial charge is 0.0928 e. The molecule has 1 aromatic heterocycles. The quantitative estimate of drug-likeness (QED) is 0.486. The van der Waals surface area contributed by atoms with Gasteiger partial charge in [0.15, 0.2) is 0 Å². The summed E-state index contributed by atoms with van der Waals surface area (Å²) < 4.78 is 2.29. The van der Waals surface area contributed by atoms with E-state index in [0.717, 1.165) is 25.1 Å². The normalized spacial score (nSPS) is 19.8. The van der Waals surface area contributed by atoms with Crippen LogP contribution in [0.5, 0.6) is 0 Å². The predicted molar refractivity (Wildman–Crippen MR) is 107 cm³/mol. The van der Waals surface area contributed by atoms with E-state index in [2.05, 4.69) is 66.3 Å². The van der Waals surface area contributed by atoms with Gasteiger partial charge in [-0.25, -0.2) is 0 Å². The van der Waals surface area contributed by atoms with Gasteiger partial charge in [0.1, 0.15) is 0 Å². The van der Waals surface area contributed by atoms with Crippen LogP contribution in [0.2, 0.25) is 0 Å². The SMILES string of the molecule is C#Cc1cc2c(C)c(C=C)ccc2n1CC(C)N1CCP(S)C1. The monoisotopic (exact) mass is 342 g/mol. The third-order valence-electron chi connectivity index (χ3n) is 4.82. The van der Waals surface area contributed by atoms with Crippen molar-refractivity contribution in [3.05, 3.63) is 41.6 Å². The first-order valence-electron chi connectivity index (χ1n) is 7.95. The van der Waals surface area contributed by atoms with Gasteiger partial charge >= 0.3 is 0 Å². The molecule has 2 nitrogen and oxygen atoms in total. The van der Waals surface area contributed by atoms with Gasteiger partial charge in [-0.3, -0.25) is 4.90 Å². The lowest BCUT2D eigenvalue weighted by Gasteiger charge is -2.25. The van der Waals surface area contributed by atoms with Crippen LogP contribution in [0.25, 0.3) is 17.0 Å². The number of hydrogen-bond donors (Lipinski definition) is 1. The number of aryl methyl sites for hydroxylation is 1. The standard InChI is InChI=1S/C19H23N2PS/c1-5-16-7-8-19-18(15(16)4)11-17(6-2)21(19)12-14(3)20-9-10-22(23)13-20/h2,5,7-8,11,14,23H,1,9-10,12-13H2,3-4H3. The number of thiol groups is 1. The van der Waals surface area contributed by atoms with E-state index in [0.29, 0.717) is 6.04 Å². The molecule has 0 saturated carbocycles. The van der Waals surface area contributed by atoms with Crippen LogP contribution in [-0.2, 0) is 6.54 Å². The zero-order valence-corrected chi connectivity index (χ0v) is 15.6. The summed E-state index contributed by atoms with van der Waals surface area (Å²) in [7, 11) is -0.0979. The van der Waals surface area contributed by atoms with Gasteiger partial charge < -0.3 is 4.57 Å². The van der Waals surface area contributed by atoms with E-state index in [-0.39, 0.29) is 7.12 Å². The first-order chi connectivity index (χ1) is 11.0. The first kappa shape index (κ1) is 16.7. The van der Waals surface area contributed by atoms with Gasteiger partial charge in [-0.1, -0.05) is 24.6 Å². The Labute approximate surface area is 145 Å². The molecule has 1 aromatic carbocycles. The fourth-order valence-electron chi connectivity index (χ4n) is 3.36. The molecule has 0 aliphatic carbocycles. The molecule has 0 spiro atoms. The minimum atomic E-state index is -0.0979. The number of terminal acetylenes is 1. The highest BCUT2D eigenvalue weighted by Crippen LogP contribution is 2.45. The fourth-order valence-corrected chi connectivity index (χ4v) is 5.59. The lowest BCUT2D eigenvalue weighted by molar-refractivity contribution is 0.249. The highest BCUT2D eigenvalue weighted by atomic mass is 32.7. The summed E-state index contributed by atoms with van der Waals surface area (Å²) >= 11 is 4.67.